The Morgan fingerprint density at radius 1 is 0.833 bits per heavy atom. The van der Waals surface area contributed by atoms with Gasteiger partial charge in [0.05, 0.1) is 6.54 Å². The molecule has 3 heteroatoms. The number of hydrogen-bond acceptors (Lipinski definition) is 2. The van der Waals surface area contributed by atoms with Crippen molar-refractivity contribution < 1.29 is 4.74 Å². The zero-order chi connectivity index (χ0) is 12.2. The predicted molar refractivity (Wildman–Crippen MR) is 77.3 cm³/mol. The zero-order valence-corrected chi connectivity index (χ0v) is 10.9. The molecule has 0 bridgehead atoms. The normalized spacial score (nSPS) is 14.4. The first kappa shape index (κ1) is 11.4. The van der Waals surface area contributed by atoms with E-state index in [0.29, 0.717) is 6.61 Å². The molecular weight excluding hydrogens is 241 g/mol. The maximum atomic E-state index is 5.70. The fraction of sp³-hybridized carbons (Fsp3) is 0.133. The molecule has 1 heterocycles. The van der Waals surface area contributed by atoms with Gasteiger partial charge in [-0.2, -0.15) is 0 Å². The second kappa shape index (κ2) is 5.32. The lowest BCUT2D eigenvalue weighted by atomic mass is 10.4. The maximum Gasteiger partial charge on any atom is 0.215 e. The largest absolute Gasteiger partial charge is 0.475 e. The van der Waals surface area contributed by atoms with E-state index in [9.17, 15) is 0 Å². The quantitative estimate of drug-likeness (QED) is 0.772. The molecule has 90 valence electrons. The first-order valence-corrected chi connectivity index (χ1v) is 7.37. The molecule has 3 rings (SSSR count). The standard InChI is InChI=1S/C15H14NOP/c1-3-7-13(8-4-1)18(15-16-11-12-17-15)14-9-5-2-6-10-14/h1-10H,11-12H2. The van der Waals surface area contributed by atoms with Crippen molar-refractivity contribution in [2.75, 3.05) is 13.2 Å². The molecule has 18 heavy (non-hydrogen) atoms. The van der Waals surface area contributed by atoms with Gasteiger partial charge in [0.25, 0.3) is 0 Å². The topological polar surface area (TPSA) is 21.6 Å². The molecule has 2 aromatic rings. The molecule has 0 fully saturated rings. The van der Waals surface area contributed by atoms with E-state index in [2.05, 4.69) is 53.5 Å². The summed E-state index contributed by atoms with van der Waals surface area (Å²) in [5.74, 6) is 0. The fourth-order valence-corrected chi connectivity index (χ4v) is 4.13. The minimum atomic E-state index is -0.624. The Morgan fingerprint density at radius 2 is 1.39 bits per heavy atom. The summed E-state index contributed by atoms with van der Waals surface area (Å²) in [6, 6.07) is 21.0. The van der Waals surface area contributed by atoms with Crippen LogP contribution in [-0.4, -0.2) is 18.8 Å². The van der Waals surface area contributed by atoms with Crippen LogP contribution in [0.2, 0.25) is 0 Å². The molecule has 0 spiro atoms. The van der Waals surface area contributed by atoms with Crippen molar-refractivity contribution in [1.82, 2.24) is 0 Å². The molecule has 0 unspecified atom stereocenters. The van der Waals surface area contributed by atoms with Crippen LogP contribution in [0.25, 0.3) is 0 Å². The van der Waals surface area contributed by atoms with Gasteiger partial charge in [0.2, 0.25) is 5.64 Å². The molecule has 0 saturated carbocycles. The Kier molecular flexibility index (Phi) is 3.38. The van der Waals surface area contributed by atoms with Gasteiger partial charge in [0, 0.05) is 7.92 Å². The van der Waals surface area contributed by atoms with Crippen molar-refractivity contribution in [1.29, 1.82) is 0 Å². The Bertz CT molecular complexity index is 499. The van der Waals surface area contributed by atoms with Crippen LogP contribution in [0.3, 0.4) is 0 Å². The number of aliphatic imine (C=N–C) groups is 1. The van der Waals surface area contributed by atoms with Crippen LogP contribution in [0.1, 0.15) is 0 Å². The summed E-state index contributed by atoms with van der Waals surface area (Å²) >= 11 is 0. The first-order valence-electron chi connectivity index (χ1n) is 6.02. The first-order chi connectivity index (χ1) is 8.95. The Morgan fingerprint density at radius 3 is 1.83 bits per heavy atom. The van der Waals surface area contributed by atoms with Crippen molar-refractivity contribution in [3.05, 3.63) is 60.7 Å². The van der Waals surface area contributed by atoms with Gasteiger partial charge in [0.15, 0.2) is 0 Å². The SMILES string of the molecule is c1ccc(P(C2=NCCO2)c2ccccc2)cc1. The molecule has 0 N–H and O–H groups in total. The number of ether oxygens (including phenoxy) is 1. The summed E-state index contributed by atoms with van der Waals surface area (Å²) in [7, 11) is -0.624. The van der Waals surface area contributed by atoms with E-state index in [1.54, 1.807) is 0 Å². The van der Waals surface area contributed by atoms with Crippen LogP contribution in [0.4, 0.5) is 0 Å². The average molecular weight is 255 g/mol. The van der Waals surface area contributed by atoms with E-state index < -0.39 is 7.92 Å². The van der Waals surface area contributed by atoms with Crippen molar-refractivity contribution in [3.8, 4) is 0 Å². The van der Waals surface area contributed by atoms with Gasteiger partial charge in [-0.1, -0.05) is 60.7 Å². The van der Waals surface area contributed by atoms with Gasteiger partial charge in [-0.05, 0) is 10.6 Å². The highest BCUT2D eigenvalue weighted by atomic mass is 31.1. The van der Waals surface area contributed by atoms with E-state index >= 15 is 0 Å². The van der Waals surface area contributed by atoms with E-state index in [1.807, 2.05) is 12.1 Å². The third kappa shape index (κ3) is 2.30. The molecule has 0 saturated heterocycles. The predicted octanol–water partition coefficient (Wildman–Crippen LogP) is 2.51. The number of rotatable bonds is 3. The Hall–Kier alpha value is -1.66. The highest BCUT2D eigenvalue weighted by Crippen LogP contribution is 2.37. The van der Waals surface area contributed by atoms with Crippen LogP contribution in [0.5, 0.6) is 0 Å². The smallest absolute Gasteiger partial charge is 0.215 e. The zero-order valence-electron chi connectivity index (χ0n) is 9.99. The molecule has 2 nitrogen and oxygen atoms in total. The second-order valence-corrected chi connectivity index (χ2v) is 6.11. The summed E-state index contributed by atoms with van der Waals surface area (Å²) < 4.78 is 5.70. The fourth-order valence-electron chi connectivity index (χ4n) is 1.98. The monoisotopic (exact) mass is 255 g/mol. The highest BCUT2D eigenvalue weighted by Gasteiger charge is 2.23. The average Bonchev–Trinajstić information content (AvgIpc) is 2.95. The van der Waals surface area contributed by atoms with Crippen molar-refractivity contribution in [2.45, 2.75) is 0 Å². The minimum absolute atomic E-state index is 0.624. The Balaban J connectivity index is 2.04. The van der Waals surface area contributed by atoms with E-state index in [-0.39, 0.29) is 0 Å². The second-order valence-electron chi connectivity index (χ2n) is 4.02. The van der Waals surface area contributed by atoms with Gasteiger partial charge in [-0.25, -0.2) is 4.99 Å². The van der Waals surface area contributed by atoms with Crippen LogP contribution in [0, 0.1) is 0 Å². The van der Waals surface area contributed by atoms with Gasteiger partial charge in [-0.3, -0.25) is 0 Å². The molecule has 0 amide bonds. The number of benzene rings is 2. The number of nitrogens with zero attached hydrogens (tertiary/aromatic N) is 1. The van der Waals surface area contributed by atoms with Crippen molar-refractivity contribution >= 4 is 24.2 Å². The molecule has 1 aliphatic rings. The minimum Gasteiger partial charge on any atom is -0.475 e. The third-order valence-electron chi connectivity index (χ3n) is 2.79. The molecule has 0 atom stereocenters. The van der Waals surface area contributed by atoms with Crippen LogP contribution in [0.15, 0.2) is 65.7 Å². The lowest BCUT2D eigenvalue weighted by Crippen LogP contribution is -2.18. The summed E-state index contributed by atoms with van der Waals surface area (Å²) in [4.78, 5) is 4.51. The third-order valence-corrected chi connectivity index (χ3v) is 5.07. The van der Waals surface area contributed by atoms with Gasteiger partial charge in [-0.15, -0.1) is 0 Å². The van der Waals surface area contributed by atoms with Crippen molar-refractivity contribution in [3.63, 3.8) is 0 Å². The van der Waals surface area contributed by atoms with Crippen LogP contribution >= 0.6 is 7.92 Å². The summed E-state index contributed by atoms with van der Waals surface area (Å²) in [5, 5.41) is 2.58. The molecular formula is C15H14NOP. The molecule has 1 aliphatic heterocycles. The van der Waals surface area contributed by atoms with E-state index in [4.69, 9.17) is 4.74 Å². The van der Waals surface area contributed by atoms with Gasteiger partial charge in [0.1, 0.15) is 6.61 Å². The van der Waals surface area contributed by atoms with Gasteiger partial charge >= 0.3 is 0 Å². The number of hydrogen-bond donors (Lipinski definition) is 0. The molecule has 0 aromatic heterocycles. The lowest BCUT2D eigenvalue weighted by Gasteiger charge is -2.17. The van der Waals surface area contributed by atoms with Crippen molar-refractivity contribution in [2.24, 2.45) is 4.99 Å². The van der Waals surface area contributed by atoms with Crippen LogP contribution in [-0.2, 0) is 4.74 Å². The van der Waals surface area contributed by atoms with Gasteiger partial charge < -0.3 is 4.74 Å². The molecule has 0 radical (unpaired) electrons. The summed E-state index contributed by atoms with van der Waals surface area (Å²) in [6.45, 7) is 1.50. The molecule has 0 aliphatic carbocycles. The summed E-state index contributed by atoms with van der Waals surface area (Å²) in [6.07, 6.45) is 0. The lowest BCUT2D eigenvalue weighted by molar-refractivity contribution is 0.356. The van der Waals surface area contributed by atoms with E-state index in [0.717, 1.165) is 12.2 Å². The highest BCUT2D eigenvalue weighted by molar-refractivity contribution is 7.87. The molecule has 2 aromatic carbocycles. The van der Waals surface area contributed by atoms with Crippen LogP contribution < -0.4 is 10.6 Å². The summed E-state index contributed by atoms with van der Waals surface area (Å²) in [5.41, 5.74) is 0.905. The Labute approximate surface area is 108 Å². The maximum absolute atomic E-state index is 5.70. The van der Waals surface area contributed by atoms with E-state index in [1.165, 1.54) is 10.6 Å².